The molecule has 11 heteroatoms. The summed E-state index contributed by atoms with van der Waals surface area (Å²) in [6.45, 7) is 0.00266. The van der Waals surface area contributed by atoms with Gasteiger partial charge in [-0.3, -0.25) is 15.1 Å². The lowest BCUT2D eigenvalue weighted by molar-refractivity contribution is -0.385. The van der Waals surface area contributed by atoms with Crippen LogP contribution in [0.5, 0.6) is 0 Å². The molecule has 1 aromatic heterocycles. The van der Waals surface area contributed by atoms with E-state index in [-0.39, 0.29) is 35.0 Å². The van der Waals surface area contributed by atoms with Crippen LogP contribution in [0.1, 0.15) is 11.3 Å². The number of hydrogen-bond donors (Lipinski definition) is 0. The highest BCUT2D eigenvalue weighted by molar-refractivity contribution is 7.93. The number of nitro groups is 1. The van der Waals surface area contributed by atoms with Crippen LogP contribution in [0.3, 0.4) is 0 Å². The molecule has 1 aliphatic heterocycles. The van der Waals surface area contributed by atoms with Gasteiger partial charge in [0.1, 0.15) is 11.1 Å². The second kappa shape index (κ2) is 6.41. The van der Waals surface area contributed by atoms with Gasteiger partial charge in [-0.05, 0) is 17.7 Å². The smallest absolute Gasteiger partial charge is 0.258 e. The van der Waals surface area contributed by atoms with Crippen molar-refractivity contribution in [3.8, 4) is 0 Å². The zero-order chi connectivity index (χ0) is 19.1. The second-order valence-corrected chi connectivity index (χ2v) is 9.75. The third kappa shape index (κ3) is 3.32. The van der Waals surface area contributed by atoms with Crippen LogP contribution >= 0.6 is 0 Å². The Hall–Kier alpha value is -2.37. The molecule has 0 atom stereocenters. The monoisotopic (exact) mass is 397 g/mol. The third-order valence-corrected chi connectivity index (χ3v) is 7.25. The van der Waals surface area contributed by atoms with Crippen molar-refractivity contribution in [3.05, 3.63) is 57.9 Å². The van der Waals surface area contributed by atoms with Crippen LogP contribution < -0.4 is 0 Å². The number of sulfone groups is 1. The first-order chi connectivity index (χ1) is 12.1. The van der Waals surface area contributed by atoms with E-state index in [1.54, 1.807) is 0 Å². The molecule has 0 aliphatic carbocycles. The van der Waals surface area contributed by atoms with Gasteiger partial charge in [-0.1, -0.05) is 12.1 Å². The average Bonchev–Trinajstić information content (AvgIpc) is 2.60. The molecule has 1 aromatic carbocycles. The predicted octanol–water partition coefficient (Wildman–Crippen LogP) is 1.14. The van der Waals surface area contributed by atoms with Gasteiger partial charge in [0.25, 0.3) is 5.69 Å². The van der Waals surface area contributed by atoms with Gasteiger partial charge in [-0.2, -0.15) is 4.31 Å². The fourth-order valence-corrected chi connectivity index (χ4v) is 5.82. The lowest BCUT2D eigenvalue weighted by Crippen LogP contribution is -2.37. The first-order valence-electron chi connectivity index (χ1n) is 7.52. The van der Waals surface area contributed by atoms with Crippen LogP contribution in [0.4, 0.5) is 5.69 Å². The Morgan fingerprint density at radius 2 is 1.81 bits per heavy atom. The molecule has 2 heterocycles. The molecule has 0 unspecified atom stereocenters. The van der Waals surface area contributed by atoms with E-state index < -0.39 is 24.8 Å². The average molecular weight is 397 g/mol. The van der Waals surface area contributed by atoms with Crippen molar-refractivity contribution in [2.45, 2.75) is 22.8 Å². The number of pyridine rings is 1. The standard InChI is InChI=1S/C15H15N3O6S2/c1-25(21,22)14-4-2-3-5-15(14)26(23,24)17-7-6-13-11(10-17)8-12(9-16-13)18(19)20/h2-5,8-9H,6-7,10H2,1H3. The van der Waals surface area contributed by atoms with Crippen molar-refractivity contribution in [2.24, 2.45) is 0 Å². The molecule has 26 heavy (non-hydrogen) atoms. The first-order valence-corrected chi connectivity index (χ1v) is 10.9. The highest BCUT2D eigenvalue weighted by Crippen LogP contribution is 2.29. The number of fused-ring (bicyclic) bond motifs is 1. The molecule has 0 bridgehead atoms. The van der Waals surface area contributed by atoms with Gasteiger partial charge in [0.15, 0.2) is 9.84 Å². The third-order valence-electron chi connectivity index (χ3n) is 4.07. The van der Waals surface area contributed by atoms with E-state index in [1.165, 1.54) is 30.3 Å². The minimum Gasteiger partial charge on any atom is -0.258 e. The molecule has 0 saturated carbocycles. The minimum atomic E-state index is -4.10. The predicted molar refractivity (Wildman–Crippen MR) is 91.7 cm³/mol. The summed E-state index contributed by atoms with van der Waals surface area (Å²) < 4.78 is 51.0. The fraction of sp³-hybridized carbons (Fsp3) is 0.267. The molecule has 0 saturated heterocycles. The van der Waals surface area contributed by atoms with Crippen molar-refractivity contribution in [1.82, 2.24) is 9.29 Å². The summed E-state index contributed by atoms with van der Waals surface area (Å²) in [6.07, 6.45) is 2.37. The number of rotatable bonds is 4. The molecule has 138 valence electrons. The first kappa shape index (κ1) is 18.4. The van der Waals surface area contributed by atoms with Gasteiger partial charge in [0.05, 0.1) is 9.82 Å². The van der Waals surface area contributed by atoms with Crippen LogP contribution in [-0.4, -0.2) is 43.8 Å². The van der Waals surface area contributed by atoms with E-state index in [0.717, 1.165) is 16.8 Å². The summed E-state index contributed by atoms with van der Waals surface area (Å²) in [5, 5.41) is 10.9. The molecule has 0 N–H and O–H groups in total. The van der Waals surface area contributed by atoms with Crippen LogP contribution in [0.25, 0.3) is 0 Å². The van der Waals surface area contributed by atoms with Crippen LogP contribution in [0.2, 0.25) is 0 Å². The Morgan fingerprint density at radius 1 is 1.15 bits per heavy atom. The van der Waals surface area contributed by atoms with Gasteiger partial charge in [-0.25, -0.2) is 16.8 Å². The highest BCUT2D eigenvalue weighted by atomic mass is 32.2. The van der Waals surface area contributed by atoms with Crippen molar-refractivity contribution in [1.29, 1.82) is 0 Å². The zero-order valence-corrected chi connectivity index (χ0v) is 15.3. The second-order valence-electron chi connectivity index (χ2n) is 5.86. The summed E-state index contributed by atoms with van der Waals surface area (Å²) in [4.78, 5) is 13.8. The summed E-state index contributed by atoms with van der Waals surface area (Å²) in [7, 11) is -7.84. The number of hydrogen-bond acceptors (Lipinski definition) is 7. The molecule has 0 fully saturated rings. The Labute approximate surface area is 150 Å². The van der Waals surface area contributed by atoms with Gasteiger partial charge in [-0.15, -0.1) is 0 Å². The molecule has 0 radical (unpaired) electrons. The quantitative estimate of drug-likeness (QED) is 0.559. The number of nitrogens with zero attached hydrogens (tertiary/aromatic N) is 3. The molecule has 2 aromatic rings. The van der Waals surface area contributed by atoms with E-state index in [2.05, 4.69) is 4.98 Å². The molecule has 1 aliphatic rings. The van der Waals surface area contributed by atoms with E-state index in [4.69, 9.17) is 0 Å². The minimum absolute atomic E-state index is 0.107. The lowest BCUT2D eigenvalue weighted by atomic mass is 10.1. The van der Waals surface area contributed by atoms with Gasteiger partial charge in [0, 0.05) is 37.5 Å². The summed E-state index contributed by atoms with van der Waals surface area (Å²) in [6, 6.07) is 6.69. The molecular weight excluding hydrogens is 382 g/mol. The molecule has 3 rings (SSSR count). The molecule has 0 amide bonds. The van der Waals surface area contributed by atoms with Crippen LogP contribution in [0, 0.1) is 10.1 Å². The highest BCUT2D eigenvalue weighted by Gasteiger charge is 2.33. The molecule has 9 nitrogen and oxygen atoms in total. The summed E-state index contributed by atoms with van der Waals surface area (Å²) in [5.74, 6) is 0. The summed E-state index contributed by atoms with van der Waals surface area (Å²) >= 11 is 0. The normalized spacial score (nSPS) is 15.4. The van der Waals surface area contributed by atoms with Crippen LogP contribution in [-0.2, 0) is 32.8 Å². The van der Waals surface area contributed by atoms with E-state index in [9.17, 15) is 26.9 Å². The Bertz CT molecular complexity index is 1100. The molecule has 0 spiro atoms. The van der Waals surface area contributed by atoms with E-state index >= 15 is 0 Å². The lowest BCUT2D eigenvalue weighted by Gasteiger charge is -2.27. The Kier molecular flexibility index (Phi) is 4.54. The van der Waals surface area contributed by atoms with Crippen molar-refractivity contribution in [2.75, 3.05) is 12.8 Å². The largest absolute Gasteiger partial charge is 0.287 e. The van der Waals surface area contributed by atoms with E-state index in [0.29, 0.717) is 11.3 Å². The number of sulfonamides is 1. The Balaban J connectivity index is 2.03. The SMILES string of the molecule is CS(=O)(=O)c1ccccc1S(=O)(=O)N1CCc2ncc([N+](=O)[O-])cc2C1. The maximum absolute atomic E-state index is 13.0. The van der Waals surface area contributed by atoms with Gasteiger partial charge < -0.3 is 0 Å². The van der Waals surface area contributed by atoms with Gasteiger partial charge >= 0.3 is 0 Å². The Morgan fingerprint density at radius 3 is 2.42 bits per heavy atom. The number of aromatic nitrogens is 1. The van der Waals surface area contributed by atoms with Crippen molar-refractivity contribution >= 4 is 25.5 Å². The van der Waals surface area contributed by atoms with Gasteiger partial charge in [0.2, 0.25) is 10.0 Å². The van der Waals surface area contributed by atoms with Crippen LogP contribution in [0.15, 0.2) is 46.3 Å². The van der Waals surface area contributed by atoms with Crippen molar-refractivity contribution < 1.29 is 21.8 Å². The fourth-order valence-electron chi connectivity index (χ4n) is 2.80. The molecular formula is C15H15N3O6S2. The van der Waals surface area contributed by atoms with E-state index in [1.807, 2.05) is 0 Å². The topological polar surface area (TPSA) is 128 Å². The maximum atomic E-state index is 13.0. The maximum Gasteiger partial charge on any atom is 0.287 e. The summed E-state index contributed by atoms with van der Waals surface area (Å²) in [5.41, 5.74) is 0.809. The number of benzene rings is 1. The van der Waals surface area contributed by atoms with Crippen molar-refractivity contribution in [3.63, 3.8) is 0 Å². The zero-order valence-electron chi connectivity index (χ0n) is 13.7.